The van der Waals surface area contributed by atoms with Gasteiger partial charge >= 0.3 is 0 Å². The molecule has 0 radical (unpaired) electrons. The molecule has 14 heavy (non-hydrogen) atoms. The van der Waals surface area contributed by atoms with Gasteiger partial charge in [-0.25, -0.2) is 0 Å². The highest BCUT2D eigenvalue weighted by atomic mass is 15.2. The minimum Gasteiger partial charge on any atom is -0.312 e. The lowest BCUT2D eigenvalue weighted by molar-refractivity contribution is 0.264. The summed E-state index contributed by atoms with van der Waals surface area (Å²) >= 11 is 0. The van der Waals surface area contributed by atoms with Gasteiger partial charge in [0, 0.05) is 25.2 Å². The molecule has 0 aromatic rings. The van der Waals surface area contributed by atoms with Gasteiger partial charge in [-0.3, -0.25) is 4.90 Å². The SMILES string of the molecule is CC1CN(C(C)C)CC1NCC1CC1. The summed E-state index contributed by atoms with van der Waals surface area (Å²) in [7, 11) is 0. The van der Waals surface area contributed by atoms with E-state index in [0.29, 0.717) is 6.04 Å². The van der Waals surface area contributed by atoms with E-state index in [0.717, 1.165) is 17.9 Å². The minimum absolute atomic E-state index is 0.713. The van der Waals surface area contributed by atoms with E-state index < -0.39 is 0 Å². The van der Waals surface area contributed by atoms with Gasteiger partial charge in [0.1, 0.15) is 0 Å². The van der Waals surface area contributed by atoms with Crippen LogP contribution in [0, 0.1) is 11.8 Å². The molecule has 2 fully saturated rings. The number of nitrogens with zero attached hydrogens (tertiary/aromatic N) is 1. The Morgan fingerprint density at radius 3 is 2.50 bits per heavy atom. The van der Waals surface area contributed by atoms with E-state index in [1.54, 1.807) is 0 Å². The Hall–Kier alpha value is -0.0800. The topological polar surface area (TPSA) is 15.3 Å². The van der Waals surface area contributed by atoms with Crippen molar-refractivity contribution in [2.75, 3.05) is 19.6 Å². The van der Waals surface area contributed by atoms with Crippen LogP contribution in [0.1, 0.15) is 33.6 Å². The summed E-state index contributed by atoms with van der Waals surface area (Å²) in [5.41, 5.74) is 0. The van der Waals surface area contributed by atoms with Crippen molar-refractivity contribution in [2.45, 2.75) is 45.7 Å². The second-order valence-electron chi connectivity index (χ2n) is 5.48. The van der Waals surface area contributed by atoms with Gasteiger partial charge in [-0.1, -0.05) is 6.92 Å². The molecule has 2 rings (SSSR count). The number of hydrogen-bond acceptors (Lipinski definition) is 2. The fraction of sp³-hybridized carbons (Fsp3) is 1.00. The molecule has 0 spiro atoms. The lowest BCUT2D eigenvalue weighted by atomic mass is 10.1. The Morgan fingerprint density at radius 1 is 1.29 bits per heavy atom. The predicted molar refractivity (Wildman–Crippen MR) is 60.4 cm³/mol. The van der Waals surface area contributed by atoms with Crippen LogP contribution in [-0.4, -0.2) is 36.6 Å². The zero-order valence-corrected chi connectivity index (χ0v) is 9.79. The van der Waals surface area contributed by atoms with Crippen molar-refractivity contribution < 1.29 is 0 Å². The van der Waals surface area contributed by atoms with Crippen LogP contribution in [0.2, 0.25) is 0 Å². The monoisotopic (exact) mass is 196 g/mol. The number of nitrogens with one attached hydrogen (secondary N) is 1. The normalized spacial score (nSPS) is 34.3. The Morgan fingerprint density at radius 2 is 2.00 bits per heavy atom. The summed E-state index contributed by atoms with van der Waals surface area (Å²) in [4.78, 5) is 2.59. The molecule has 1 aliphatic heterocycles. The summed E-state index contributed by atoms with van der Waals surface area (Å²) in [6.07, 6.45) is 2.92. The molecule has 82 valence electrons. The van der Waals surface area contributed by atoms with Crippen molar-refractivity contribution in [3.05, 3.63) is 0 Å². The van der Waals surface area contributed by atoms with Gasteiger partial charge in [-0.15, -0.1) is 0 Å². The summed E-state index contributed by atoms with van der Waals surface area (Å²) < 4.78 is 0. The highest BCUT2D eigenvalue weighted by Crippen LogP contribution is 2.28. The van der Waals surface area contributed by atoms with Crippen LogP contribution >= 0.6 is 0 Å². The standard InChI is InChI=1S/C12H24N2/c1-9(2)14-7-10(3)12(8-14)13-6-11-4-5-11/h9-13H,4-8H2,1-3H3. The molecule has 1 N–H and O–H groups in total. The Labute approximate surface area is 88.1 Å². The molecular formula is C12H24N2. The number of rotatable bonds is 4. The van der Waals surface area contributed by atoms with Crippen molar-refractivity contribution in [3.8, 4) is 0 Å². The number of hydrogen-bond donors (Lipinski definition) is 1. The van der Waals surface area contributed by atoms with Crippen molar-refractivity contribution in [1.82, 2.24) is 10.2 Å². The van der Waals surface area contributed by atoms with Gasteiger partial charge < -0.3 is 5.32 Å². The zero-order valence-electron chi connectivity index (χ0n) is 9.79. The number of likely N-dealkylation sites (tertiary alicyclic amines) is 1. The van der Waals surface area contributed by atoms with Crippen molar-refractivity contribution in [2.24, 2.45) is 11.8 Å². The second kappa shape index (κ2) is 4.19. The van der Waals surface area contributed by atoms with Gasteiger partial charge in [-0.05, 0) is 45.1 Å². The highest BCUT2D eigenvalue weighted by Gasteiger charge is 2.31. The Kier molecular flexibility index (Phi) is 3.13. The first-order valence-electron chi connectivity index (χ1n) is 6.14. The van der Waals surface area contributed by atoms with E-state index >= 15 is 0 Å². The first-order valence-corrected chi connectivity index (χ1v) is 6.14. The van der Waals surface area contributed by atoms with Gasteiger partial charge in [0.05, 0.1) is 0 Å². The maximum atomic E-state index is 3.74. The average Bonchev–Trinajstić information content (AvgIpc) is 2.87. The van der Waals surface area contributed by atoms with Gasteiger partial charge in [-0.2, -0.15) is 0 Å². The van der Waals surface area contributed by atoms with Crippen LogP contribution in [0.5, 0.6) is 0 Å². The largest absolute Gasteiger partial charge is 0.312 e. The Balaban J connectivity index is 1.75. The van der Waals surface area contributed by atoms with Gasteiger partial charge in [0.2, 0.25) is 0 Å². The molecule has 0 aromatic carbocycles. The Bertz CT molecular complexity index is 187. The van der Waals surface area contributed by atoms with Crippen LogP contribution < -0.4 is 5.32 Å². The third-order valence-corrected chi connectivity index (χ3v) is 3.74. The van der Waals surface area contributed by atoms with E-state index in [9.17, 15) is 0 Å². The van der Waals surface area contributed by atoms with Crippen LogP contribution in [0.25, 0.3) is 0 Å². The molecule has 2 aliphatic rings. The van der Waals surface area contributed by atoms with Crippen LogP contribution in [0.15, 0.2) is 0 Å². The molecular weight excluding hydrogens is 172 g/mol. The lowest BCUT2D eigenvalue weighted by Crippen LogP contribution is -2.37. The maximum Gasteiger partial charge on any atom is 0.0233 e. The first-order chi connectivity index (χ1) is 6.66. The zero-order chi connectivity index (χ0) is 10.1. The van der Waals surface area contributed by atoms with E-state index in [4.69, 9.17) is 0 Å². The van der Waals surface area contributed by atoms with E-state index in [2.05, 4.69) is 31.0 Å². The molecule has 0 amide bonds. The summed E-state index contributed by atoms with van der Waals surface area (Å²) in [6.45, 7) is 10.8. The minimum atomic E-state index is 0.713. The fourth-order valence-corrected chi connectivity index (χ4v) is 2.33. The van der Waals surface area contributed by atoms with Gasteiger partial charge in [0.25, 0.3) is 0 Å². The summed E-state index contributed by atoms with van der Waals surface area (Å²) in [5, 5.41) is 3.74. The van der Waals surface area contributed by atoms with E-state index in [1.165, 1.54) is 32.5 Å². The average molecular weight is 196 g/mol. The van der Waals surface area contributed by atoms with Crippen molar-refractivity contribution >= 4 is 0 Å². The molecule has 2 unspecified atom stereocenters. The van der Waals surface area contributed by atoms with Crippen LogP contribution in [0.3, 0.4) is 0 Å². The van der Waals surface area contributed by atoms with Crippen molar-refractivity contribution in [1.29, 1.82) is 0 Å². The first kappa shape index (κ1) is 10.4. The molecule has 1 heterocycles. The molecule has 0 bridgehead atoms. The predicted octanol–water partition coefficient (Wildman–Crippen LogP) is 1.71. The molecule has 1 saturated heterocycles. The van der Waals surface area contributed by atoms with Crippen LogP contribution in [0.4, 0.5) is 0 Å². The summed E-state index contributed by atoms with van der Waals surface area (Å²) in [5.74, 6) is 1.84. The third kappa shape index (κ3) is 2.48. The molecule has 0 aromatic heterocycles. The molecule has 2 atom stereocenters. The van der Waals surface area contributed by atoms with Gasteiger partial charge in [0.15, 0.2) is 0 Å². The lowest BCUT2D eigenvalue weighted by Gasteiger charge is -2.20. The molecule has 1 aliphatic carbocycles. The van der Waals surface area contributed by atoms with E-state index in [1.807, 2.05) is 0 Å². The molecule has 2 heteroatoms. The quantitative estimate of drug-likeness (QED) is 0.736. The van der Waals surface area contributed by atoms with E-state index in [-0.39, 0.29) is 0 Å². The van der Waals surface area contributed by atoms with Crippen LogP contribution in [-0.2, 0) is 0 Å². The third-order valence-electron chi connectivity index (χ3n) is 3.74. The van der Waals surface area contributed by atoms with Crippen molar-refractivity contribution in [3.63, 3.8) is 0 Å². The fourth-order valence-electron chi connectivity index (χ4n) is 2.33. The summed E-state index contributed by atoms with van der Waals surface area (Å²) in [6, 6.07) is 1.46. The highest BCUT2D eigenvalue weighted by molar-refractivity contribution is 4.89. The molecule has 1 saturated carbocycles. The smallest absolute Gasteiger partial charge is 0.0233 e. The maximum absolute atomic E-state index is 3.74. The second-order valence-corrected chi connectivity index (χ2v) is 5.48. The molecule has 2 nitrogen and oxygen atoms in total.